The number of hydrogen-bond acceptors (Lipinski definition) is 5. The molecular formula is C26H30N2O6. The predicted molar refractivity (Wildman–Crippen MR) is 125 cm³/mol. The lowest BCUT2D eigenvalue weighted by atomic mass is 9.84. The van der Waals surface area contributed by atoms with Crippen molar-refractivity contribution in [3.63, 3.8) is 0 Å². The molecule has 4 rings (SSSR count). The van der Waals surface area contributed by atoms with Crippen molar-refractivity contribution in [2.24, 2.45) is 5.41 Å². The van der Waals surface area contributed by atoms with Gasteiger partial charge in [-0.05, 0) is 35.1 Å². The van der Waals surface area contributed by atoms with Crippen LogP contribution in [0.25, 0.3) is 11.1 Å². The smallest absolute Gasteiger partial charge is 0.407 e. The molecule has 0 radical (unpaired) electrons. The van der Waals surface area contributed by atoms with E-state index in [9.17, 15) is 19.5 Å². The second-order valence-electron chi connectivity index (χ2n) is 9.04. The van der Waals surface area contributed by atoms with Crippen LogP contribution in [0.1, 0.15) is 49.1 Å². The van der Waals surface area contributed by atoms with E-state index in [-0.39, 0.29) is 32.1 Å². The number of rotatable bonds is 9. The lowest BCUT2D eigenvalue weighted by Crippen LogP contribution is -2.52. The summed E-state index contributed by atoms with van der Waals surface area (Å²) in [5.74, 6) is -1.67. The molecule has 0 spiro atoms. The minimum Gasteiger partial charge on any atom is -0.480 e. The van der Waals surface area contributed by atoms with Crippen molar-refractivity contribution in [2.75, 3.05) is 19.8 Å². The van der Waals surface area contributed by atoms with Crippen molar-refractivity contribution in [1.29, 1.82) is 0 Å². The van der Waals surface area contributed by atoms with Crippen molar-refractivity contribution in [2.45, 2.75) is 44.1 Å². The highest BCUT2D eigenvalue weighted by Crippen LogP contribution is 2.44. The van der Waals surface area contributed by atoms with E-state index < -0.39 is 29.4 Å². The molecule has 0 bridgehead atoms. The summed E-state index contributed by atoms with van der Waals surface area (Å²) in [5, 5.41) is 23.6. The minimum absolute atomic E-state index is 0.0586. The molecule has 8 nitrogen and oxygen atoms in total. The van der Waals surface area contributed by atoms with Crippen molar-refractivity contribution >= 4 is 18.0 Å². The van der Waals surface area contributed by atoms with Gasteiger partial charge in [-0.15, -0.1) is 0 Å². The molecule has 1 saturated carbocycles. The first-order valence-corrected chi connectivity index (χ1v) is 11.7. The highest BCUT2D eigenvalue weighted by molar-refractivity contribution is 5.88. The summed E-state index contributed by atoms with van der Waals surface area (Å²) in [4.78, 5) is 36.9. The van der Waals surface area contributed by atoms with Crippen LogP contribution >= 0.6 is 0 Å². The van der Waals surface area contributed by atoms with Crippen molar-refractivity contribution in [1.82, 2.24) is 10.6 Å². The molecule has 2 aromatic rings. The summed E-state index contributed by atoms with van der Waals surface area (Å²) in [5.41, 5.74) is 3.64. The van der Waals surface area contributed by atoms with E-state index in [1.54, 1.807) is 0 Å². The van der Waals surface area contributed by atoms with E-state index in [0.717, 1.165) is 35.1 Å². The third-order valence-electron chi connectivity index (χ3n) is 6.98. The number of ether oxygens (including phenoxy) is 1. The zero-order valence-electron chi connectivity index (χ0n) is 19.0. The monoisotopic (exact) mass is 466 g/mol. The topological polar surface area (TPSA) is 125 Å². The van der Waals surface area contributed by atoms with Gasteiger partial charge in [0.2, 0.25) is 5.91 Å². The fourth-order valence-corrected chi connectivity index (χ4v) is 5.12. The lowest BCUT2D eigenvalue weighted by Gasteiger charge is -2.29. The quantitative estimate of drug-likeness (QED) is 0.450. The van der Waals surface area contributed by atoms with Gasteiger partial charge in [0.25, 0.3) is 0 Å². The Bertz CT molecular complexity index is 1020. The van der Waals surface area contributed by atoms with Crippen LogP contribution in [0, 0.1) is 5.41 Å². The summed E-state index contributed by atoms with van der Waals surface area (Å²) in [7, 11) is 0. The van der Waals surface area contributed by atoms with E-state index in [4.69, 9.17) is 9.84 Å². The Morgan fingerprint density at radius 1 is 1.00 bits per heavy atom. The lowest BCUT2D eigenvalue weighted by molar-refractivity contribution is -0.144. The first-order valence-electron chi connectivity index (χ1n) is 11.7. The molecule has 0 aliphatic heterocycles. The number of aliphatic carboxylic acids is 1. The SMILES string of the molecule is O=C(NCC1(C(=O)N[C@@H](CCO)C(=O)O)CCCC1)OCC1c2ccccc2-c2ccccc21. The fourth-order valence-electron chi connectivity index (χ4n) is 5.12. The van der Waals surface area contributed by atoms with E-state index in [2.05, 4.69) is 22.8 Å². The third-order valence-corrected chi connectivity index (χ3v) is 6.98. The Morgan fingerprint density at radius 3 is 2.15 bits per heavy atom. The number of alkyl carbamates (subject to hydrolysis) is 1. The zero-order valence-corrected chi connectivity index (χ0v) is 19.0. The molecule has 0 unspecified atom stereocenters. The molecule has 0 saturated heterocycles. The molecule has 0 aromatic heterocycles. The molecular weight excluding hydrogens is 436 g/mol. The summed E-state index contributed by atoms with van der Waals surface area (Å²) < 4.78 is 5.57. The molecule has 4 N–H and O–H groups in total. The third kappa shape index (κ3) is 4.77. The number of hydrogen-bond donors (Lipinski definition) is 4. The number of carboxylic acid groups (broad SMARTS) is 1. The van der Waals surface area contributed by atoms with E-state index in [1.807, 2.05) is 36.4 Å². The molecule has 2 amide bonds. The number of carboxylic acids is 1. The molecule has 8 heteroatoms. The van der Waals surface area contributed by atoms with Crippen LogP contribution in [-0.4, -0.2) is 54.0 Å². The van der Waals surface area contributed by atoms with Gasteiger partial charge in [0.1, 0.15) is 12.6 Å². The number of carbonyl (C=O) groups is 3. The Balaban J connectivity index is 1.37. The Labute approximate surface area is 198 Å². The average molecular weight is 467 g/mol. The molecule has 1 fully saturated rings. The summed E-state index contributed by atoms with van der Waals surface area (Å²) in [6, 6.07) is 15.0. The fraction of sp³-hybridized carbons (Fsp3) is 0.423. The Morgan fingerprint density at radius 2 is 1.59 bits per heavy atom. The van der Waals surface area contributed by atoms with Gasteiger partial charge in [-0.3, -0.25) is 4.79 Å². The van der Waals surface area contributed by atoms with Crippen LogP contribution in [0.4, 0.5) is 4.79 Å². The second kappa shape index (κ2) is 10.3. The van der Waals surface area contributed by atoms with Gasteiger partial charge in [0.05, 0.1) is 5.41 Å². The highest BCUT2D eigenvalue weighted by atomic mass is 16.5. The van der Waals surface area contributed by atoms with Crippen LogP contribution in [0.15, 0.2) is 48.5 Å². The second-order valence-corrected chi connectivity index (χ2v) is 9.04. The first kappa shape index (κ1) is 23.8. The van der Waals surface area contributed by atoms with Crippen molar-refractivity contribution in [3.8, 4) is 11.1 Å². The maximum absolute atomic E-state index is 13.0. The number of benzene rings is 2. The maximum atomic E-state index is 13.0. The molecule has 0 heterocycles. The van der Waals surface area contributed by atoms with Gasteiger partial charge < -0.3 is 25.6 Å². The molecule has 180 valence electrons. The molecule has 1 atom stereocenters. The van der Waals surface area contributed by atoms with E-state index >= 15 is 0 Å². The number of aliphatic hydroxyl groups excluding tert-OH is 1. The van der Waals surface area contributed by atoms with Crippen LogP contribution in [0.2, 0.25) is 0 Å². The van der Waals surface area contributed by atoms with Gasteiger partial charge in [-0.25, -0.2) is 9.59 Å². The van der Waals surface area contributed by atoms with Gasteiger partial charge >= 0.3 is 12.1 Å². The standard InChI is InChI=1S/C26H30N2O6/c29-14-11-22(23(30)31)28-24(32)26(12-5-6-13-26)16-27-25(33)34-15-21-19-9-3-1-7-17(19)18-8-2-4-10-20(18)21/h1-4,7-10,21-22,29H,5-6,11-16H2,(H,27,33)(H,28,32)(H,30,31)/t22-/m0/s1. The van der Waals surface area contributed by atoms with Crippen LogP contribution in [0.3, 0.4) is 0 Å². The molecule has 34 heavy (non-hydrogen) atoms. The largest absolute Gasteiger partial charge is 0.480 e. The normalized spacial score (nSPS) is 16.9. The highest BCUT2D eigenvalue weighted by Gasteiger charge is 2.43. The van der Waals surface area contributed by atoms with E-state index in [1.165, 1.54) is 0 Å². The van der Waals surface area contributed by atoms with Gasteiger partial charge in [-0.1, -0.05) is 61.4 Å². The Kier molecular flexibility index (Phi) is 7.17. The number of amides is 2. The number of aliphatic hydroxyl groups is 1. The summed E-state index contributed by atoms with van der Waals surface area (Å²) >= 11 is 0. The average Bonchev–Trinajstić information content (AvgIpc) is 3.45. The van der Waals surface area contributed by atoms with Crippen LogP contribution in [-0.2, 0) is 14.3 Å². The van der Waals surface area contributed by atoms with Crippen molar-refractivity contribution < 1.29 is 29.3 Å². The number of nitrogens with one attached hydrogen (secondary N) is 2. The van der Waals surface area contributed by atoms with Crippen LogP contribution in [0.5, 0.6) is 0 Å². The van der Waals surface area contributed by atoms with Crippen LogP contribution < -0.4 is 10.6 Å². The first-order chi connectivity index (χ1) is 16.4. The van der Waals surface area contributed by atoms with Crippen molar-refractivity contribution in [3.05, 3.63) is 59.7 Å². The number of fused-ring (bicyclic) bond motifs is 3. The maximum Gasteiger partial charge on any atom is 0.407 e. The van der Waals surface area contributed by atoms with Gasteiger partial charge in [0, 0.05) is 25.5 Å². The Hall–Kier alpha value is -3.39. The van der Waals surface area contributed by atoms with Gasteiger partial charge in [-0.2, -0.15) is 0 Å². The van der Waals surface area contributed by atoms with E-state index in [0.29, 0.717) is 12.8 Å². The molecule has 2 aromatic carbocycles. The molecule has 2 aliphatic rings. The summed E-state index contributed by atoms with van der Waals surface area (Å²) in [6.07, 6.45) is 2.06. The minimum atomic E-state index is -1.19. The zero-order chi connectivity index (χ0) is 24.1. The van der Waals surface area contributed by atoms with Gasteiger partial charge in [0.15, 0.2) is 0 Å². The predicted octanol–water partition coefficient (Wildman–Crippen LogP) is 3.04. The number of carbonyl (C=O) groups excluding carboxylic acids is 2. The summed E-state index contributed by atoms with van der Waals surface area (Å²) in [6.45, 7) is -0.0974. The molecule has 2 aliphatic carbocycles.